The first-order chi connectivity index (χ1) is 17.1. The average Bonchev–Trinajstić information content (AvgIpc) is 2.89. The summed E-state index contributed by atoms with van der Waals surface area (Å²) < 4.78 is 10.8. The number of rotatable bonds is 13. The van der Waals surface area contributed by atoms with Crippen LogP contribution in [0.4, 0.5) is 0 Å². The monoisotopic (exact) mass is 494 g/mol. The molecule has 0 fully saturated rings. The maximum Gasteiger partial charge on any atom is 0.261 e. The first kappa shape index (κ1) is 26.3. The van der Waals surface area contributed by atoms with Gasteiger partial charge in [-0.3, -0.25) is 9.59 Å². The van der Waals surface area contributed by atoms with Crippen LogP contribution in [-0.4, -0.2) is 49.6 Å². The molecule has 3 aromatic carbocycles. The van der Waals surface area contributed by atoms with Crippen LogP contribution >= 0.6 is 11.6 Å². The summed E-state index contributed by atoms with van der Waals surface area (Å²) in [5.74, 6) is -0.0977. The number of amides is 2. The Morgan fingerprint density at radius 2 is 1.54 bits per heavy atom. The van der Waals surface area contributed by atoms with Crippen molar-refractivity contribution >= 4 is 23.4 Å². The van der Waals surface area contributed by atoms with Gasteiger partial charge in [0.15, 0.2) is 6.61 Å². The Kier molecular flexibility index (Phi) is 10.6. The Hall–Kier alpha value is -3.35. The summed E-state index contributed by atoms with van der Waals surface area (Å²) in [5, 5.41) is 3.39. The van der Waals surface area contributed by atoms with Crippen LogP contribution < -0.4 is 10.1 Å². The second-order valence-electron chi connectivity index (χ2n) is 8.07. The summed E-state index contributed by atoms with van der Waals surface area (Å²) in [6, 6.07) is 25.6. The molecule has 0 unspecified atom stereocenters. The third kappa shape index (κ3) is 8.42. The fraction of sp³-hybridized carbons (Fsp3) is 0.286. The molecule has 7 heteroatoms. The van der Waals surface area contributed by atoms with Crippen molar-refractivity contribution in [3.05, 3.63) is 101 Å². The molecule has 0 aromatic heterocycles. The van der Waals surface area contributed by atoms with Crippen LogP contribution in [0.3, 0.4) is 0 Å². The zero-order chi connectivity index (χ0) is 24.9. The van der Waals surface area contributed by atoms with Gasteiger partial charge in [0, 0.05) is 33.2 Å². The first-order valence-corrected chi connectivity index (χ1v) is 12.0. The van der Waals surface area contributed by atoms with E-state index >= 15 is 0 Å². The van der Waals surface area contributed by atoms with Gasteiger partial charge < -0.3 is 19.7 Å². The van der Waals surface area contributed by atoms with Gasteiger partial charge in [-0.2, -0.15) is 0 Å². The second-order valence-corrected chi connectivity index (χ2v) is 8.48. The molecule has 0 saturated carbocycles. The van der Waals surface area contributed by atoms with E-state index in [1.807, 2.05) is 60.7 Å². The van der Waals surface area contributed by atoms with E-state index in [1.54, 1.807) is 36.3 Å². The number of ether oxygens (including phenoxy) is 2. The molecule has 0 aliphatic heterocycles. The standard InChI is InChI=1S/C28H31ClN2O4/c1-34-18-10-17-30-28(33)25(19-22-11-4-2-5-12-22)31(20-23-13-6-3-7-14-23)27(32)21-35-26-16-9-8-15-24(26)29/h2-9,11-16,25H,10,17-21H2,1H3,(H,30,33)/t25-/m0/s1. The molecule has 0 aliphatic rings. The van der Waals surface area contributed by atoms with Crippen LogP contribution in [0.5, 0.6) is 5.75 Å². The summed E-state index contributed by atoms with van der Waals surface area (Å²) >= 11 is 6.20. The number of hydrogen-bond donors (Lipinski definition) is 1. The minimum Gasteiger partial charge on any atom is -0.482 e. The van der Waals surface area contributed by atoms with E-state index in [9.17, 15) is 9.59 Å². The van der Waals surface area contributed by atoms with E-state index < -0.39 is 6.04 Å². The number of carbonyl (C=O) groups is 2. The normalized spacial score (nSPS) is 11.5. The molecular formula is C28H31ClN2O4. The van der Waals surface area contributed by atoms with Crippen molar-refractivity contribution in [1.29, 1.82) is 0 Å². The summed E-state index contributed by atoms with van der Waals surface area (Å²) in [7, 11) is 1.62. The molecule has 35 heavy (non-hydrogen) atoms. The summed E-state index contributed by atoms with van der Waals surface area (Å²) in [6.07, 6.45) is 1.06. The molecule has 6 nitrogen and oxygen atoms in total. The number of nitrogens with zero attached hydrogens (tertiary/aromatic N) is 1. The topological polar surface area (TPSA) is 67.9 Å². The quantitative estimate of drug-likeness (QED) is 0.355. The first-order valence-electron chi connectivity index (χ1n) is 11.6. The lowest BCUT2D eigenvalue weighted by Crippen LogP contribution is -2.51. The lowest BCUT2D eigenvalue weighted by molar-refractivity contribution is -0.142. The van der Waals surface area contributed by atoms with Crippen molar-refractivity contribution in [1.82, 2.24) is 10.2 Å². The molecule has 3 aromatic rings. The fourth-order valence-corrected chi connectivity index (χ4v) is 3.85. The molecule has 1 N–H and O–H groups in total. The number of nitrogens with one attached hydrogen (secondary N) is 1. The zero-order valence-electron chi connectivity index (χ0n) is 19.9. The van der Waals surface area contributed by atoms with E-state index in [0.717, 1.165) is 11.1 Å². The van der Waals surface area contributed by atoms with Gasteiger partial charge in [0.1, 0.15) is 11.8 Å². The van der Waals surface area contributed by atoms with Crippen molar-refractivity contribution in [2.45, 2.75) is 25.4 Å². The predicted octanol–water partition coefficient (Wildman–Crippen LogP) is 4.51. The predicted molar refractivity (Wildman–Crippen MR) is 137 cm³/mol. The lowest BCUT2D eigenvalue weighted by atomic mass is 10.0. The minimum atomic E-state index is -0.720. The van der Waals surface area contributed by atoms with Crippen molar-refractivity contribution in [3.63, 3.8) is 0 Å². The van der Waals surface area contributed by atoms with E-state index in [0.29, 0.717) is 36.8 Å². The highest BCUT2D eigenvalue weighted by Crippen LogP contribution is 2.23. The smallest absolute Gasteiger partial charge is 0.261 e. The number of benzene rings is 3. The maximum absolute atomic E-state index is 13.5. The van der Waals surface area contributed by atoms with E-state index in [2.05, 4.69) is 5.32 Å². The number of methoxy groups -OCH3 is 1. The molecule has 2 amide bonds. The van der Waals surface area contributed by atoms with Gasteiger partial charge in [0.25, 0.3) is 5.91 Å². The molecular weight excluding hydrogens is 464 g/mol. The third-order valence-electron chi connectivity index (χ3n) is 5.48. The molecule has 0 saturated heterocycles. The van der Waals surface area contributed by atoms with Crippen LogP contribution in [0.25, 0.3) is 0 Å². The highest BCUT2D eigenvalue weighted by Gasteiger charge is 2.30. The minimum absolute atomic E-state index is 0.216. The lowest BCUT2D eigenvalue weighted by Gasteiger charge is -2.31. The van der Waals surface area contributed by atoms with Crippen LogP contribution in [0, 0.1) is 0 Å². The molecule has 0 bridgehead atoms. The number of halogens is 1. The Morgan fingerprint density at radius 3 is 2.20 bits per heavy atom. The molecule has 0 spiro atoms. The number of carbonyl (C=O) groups excluding carboxylic acids is 2. The SMILES string of the molecule is COCCCNC(=O)[C@H](Cc1ccccc1)N(Cc1ccccc1)C(=O)COc1ccccc1Cl. The second kappa shape index (κ2) is 14.1. The molecule has 3 rings (SSSR count). The van der Waals surface area contributed by atoms with Gasteiger partial charge in [-0.05, 0) is 29.7 Å². The van der Waals surface area contributed by atoms with E-state index in [-0.39, 0.29) is 25.0 Å². The van der Waals surface area contributed by atoms with Crippen LogP contribution in [0.2, 0.25) is 5.02 Å². The molecule has 0 heterocycles. The number of hydrogen-bond acceptors (Lipinski definition) is 4. The zero-order valence-corrected chi connectivity index (χ0v) is 20.6. The Balaban J connectivity index is 1.85. The van der Waals surface area contributed by atoms with Crippen LogP contribution in [-0.2, 0) is 27.3 Å². The number of para-hydroxylation sites is 1. The third-order valence-corrected chi connectivity index (χ3v) is 5.79. The average molecular weight is 495 g/mol. The van der Waals surface area contributed by atoms with Crippen LogP contribution in [0.15, 0.2) is 84.9 Å². The van der Waals surface area contributed by atoms with Crippen molar-refractivity contribution in [3.8, 4) is 5.75 Å². The molecule has 1 atom stereocenters. The highest BCUT2D eigenvalue weighted by atomic mass is 35.5. The van der Waals surface area contributed by atoms with Gasteiger partial charge in [0.05, 0.1) is 5.02 Å². The fourth-order valence-electron chi connectivity index (χ4n) is 3.66. The largest absolute Gasteiger partial charge is 0.482 e. The van der Waals surface area contributed by atoms with Crippen molar-refractivity contribution in [2.75, 3.05) is 26.9 Å². The van der Waals surface area contributed by atoms with Gasteiger partial charge in [-0.1, -0.05) is 84.4 Å². The maximum atomic E-state index is 13.5. The van der Waals surface area contributed by atoms with Crippen molar-refractivity contribution < 1.29 is 19.1 Å². The van der Waals surface area contributed by atoms with Gasteiger partial charge in [-0.15, -0.1) is 0 Å². The molecule has 0 aliphatic carbocycles. The summed E-state index contributed by atoms with van der Waals surface area (Å²) in [4.78, 5) is 28.5. The summed E-state index contributed by atoms with van der Waals surface area (Å²) in [5.41, 5.74) is 1.88. The Labute approximate surface area is 211 Å². The van der Waals surface area contributed by atoms with Gasteiger partial charge in [0.2, 0.25) is 5.91 Å². The Morgan fingerprint density at radius 1 is 0.914 bits per heavy atom. The molecule has 184 valence electrons. The van der Waals surface area contributed by atoms with Crippen LogP contribution in [0.1, 0.15) is 17.5 Å². The van der Waals surface area contributed by atoms with Gasteiger partial charge in [-0.25, -0.2) is 0 Å². The summed E-state index contributed by atoms with van der Waals surface area (Å²) in [6.45, 7) is 1.04. The highest BCUT2D eigenvalue weighted by molar-refractivity contribution is 6.32. The van der Waals surface area contributed by atoms with Crippen molar-refractivity contribution in [2.24, 2.45) is 0 Å². The molecule has 0 radical (unpaired) electrons. The Bertz CT molecular complexity index is 1060. The van der Waals surface area contributed by atoms with E-state index in [4.69, 9.17) is 21.1 Å². The van der Waals surface area contributed by atoms with E-state index in [1.165, 1.54) is 0 Å². The van der Waals surface area contributed by atoms with Gasteiger partial charge >= 0.3 is 0 Å².